The lowest BCUT2D eigenvalue weighted by molar-refractivity contribution is -0.384. The molecular formula is C11H9N3O3. The molecule has 0 unspecified atom stereocenters. The van der Waals surface area contributed by atoms with Gasteiger partial charge in [-0.25, -0.2) is 4.98 Å². The third-order valence-electron chi connectivity index (χ3n) is 2.35. The molecule has 0 aliphatic carbocycles. The number of nitro benzene ring substituents is 1. The first kappa shape index (κ1) is 11.0. The van der Waals surface area contributed by atoms with Crippen LogP contribution < -0.4 is 5.56 Å². The summed E-state index contributed by atoms with van der Waals surface area (Å²) >= 11 is 0. The first-order valence-electron chi connectivity index (χ1n) is 4.88. The Kier molecular flexibility index (Phi) is 2.70. The van der Waals surface area contributed by atoms with Crippen LogP contribution in [0.15, 0.2) is 42.0 Å². The lowest BCUT2D eigenvalue weighted by atomic mass is 10.2. The first-order chi connectivity index (χ1) is 8.13. The van der Waals surface area contributed by atoms with Gasteiger partial charge in [0.2, 0.25) is 0 Å². The van der Waals surface area contributed by atoms with Gasteiger partial charge in [0.25, 0.3) is 11.2 Å². The molecule has 0 spiro atoms. The molecule has 86 valence electrons. The molecule has 2 rings (SSSR count). The maximum atomic E-state index is 11.9. The molecular weight excluding hydrogens is 222 g/mol. The summed E-state index contributed by atoms with van der Waals surface area (Å²) in [6, 6.07) is 4.00. The quantitative estimate of drug-likeness (QED) is 0.455. The molecule has 2 aromatic rings. The van der Waals surface area contributed by atoms with E-state index < -0.39 is 4.92 Å². The Labute approximate surface area is 96.0 Å². The van der Waals surface area contributed by atoms with Crippen LogP contribution in [0, 0.1) is 10.1 Å². The Balaban J connectivity index is 2.68. The number of nitro groups is 1. The van der Waals surface area contributed by atoms with Crippen LogP contribution in [0.2, 0.25) is 0 Å². The Hall–Kier alpha value is -2.50. The van der Waals surface area contributed by atoms with Gasteiger partial charge in [-0.05, 0) is 6.07 Å². The van der Waals surface area contributed by atoms with Crippen molar-refractivity contribution in [1.29, 1.82) is 0 Å². The van der Waals surface area contributed by atoms with Crippen LogP contribution in [-0.2, 0) is 6.54 Å². The van der Waals surface area contributed by atoms with E-state index in [1.165, 1.54) is 29.1 Å². The van der Waals surface area contributed by atoms with Crippen LogP contribution in [0.3, 0.4) is 0 Å². The predicted molar refractivity (Wildman–Crippen MR) is 62.9 cm³/mol. The Morgan fingerprint density at radius 2 is 2.29 bits per heavy atom. The molecule has 0 amide bonds. The summed E-state index contributed by atoms with van der Waals surface area (Å²) in [5.74, 6) is 0. The smallest absolute Gasteiger partial charge is 0.271 e. The summed E-state index contributed by atoms with van der Waals surface area (Å²) in [7, 11) is 0. The molecule has 0 bridgehead atoms. The molecule has 0 saturated heterocycles. The van der Waals surface area contributed by atoms with Crippen LogP contribution in [0.25, 0.3) is 10.9 Å². The molecule has 1 aromatic carbocycles. The lowest BCUT2D eigenvalue weighted by Crippen LogP contribution is -2.19. The van der Waals surface area contributed by atoms with Crippen molar-refractivity contribution in [2.75, 3.05) is 0 Å². The van der Waals surface area contributed by atoms with Crippen LogP contribution >= 0.6 is 0 Å². The first-order valence-corrected chi connectivity index (χ1v) is 4.88. The number of benzene rings is 1. The van der Waals surface area contributed by atoms with Crippen molar-refractivity contribution in [1.82, 2.24) is 9.55 Å². The summed E-state index contributed by atoms with van der Waals surface area (Å²) in [5, 5.41) is 10.9. The number of nitrogens with zero attached hydrogens (tertiary/aromatic N) is 3. The fraction of sp³-hybridized carbons (Fsp3) is 0.0909. The van der Waals surface area contributed by atoms with Crippen molar-refractivity contribution in [3.05, 3.63) is 57.6 Å². The average molecular weight is 231 g/mol. The van der Waals surface area contributed by atoms with Gasteiger partial charge >= 0.3 is 0 Å². The van der Waals surface area contributed by atoms with Crippen LogP contribution in [0.1, 0.15) is 0 Å². The summed E-state index contributed by atoms with van der Waals surface area (Å²) in [5.41, 5.74) is 0.0141. The minimum atomic E-state index is -0.517. The Morgan fingerprint density at radius 3 is 2.94 bits per heavy atom. The number of rotatable bonds is 3. The summed E-state index contributed by atoms with van der Waals surface area (Å²) in [6.07, 6.45) is 2.94. The predicted octanol–water partition coefficient (Wildman–Crippen LogP) is 1.49. The van der Waals surface area contributed by atoms with Gasteiger partial charge in [0.1, 0.15) is 0 Å². The van der Waals surface area contributed by atoms with E-state index >= 15 is 0 Å². The van der Waals surface area contributed by atoms with E-state index in [-0.39, 0.29) is 11.2 Å². The molecule has 17 heavy (non-hydrogen) atoms. The zero-order chi connectivity index (χ0) is 12.4. The second-order valence-corrected chi connectivity index (χ2v) is 3.45. The van der Waals surface area contributed by atoms with E-state index in [4.69, 9.17) is 0 Å². The van der Waals surface area contributed by atoms with E-state index in [1.54, 1.807) is 6.08 Å². The molecule has 0 N–H and O–H groups in total. The summed E-state index contributed by atoms with van der Waals surface area (Å²) < 4.78 is 1.39. The highest BCUT2D eigenvalue weighted by molar-refractivity contribution is 5.79. The fourth-order valence-electron chi connectivity index (χ4n) is 1.53. The highest BCUT2D eigenvalue weighted by Crippen LogP contribution is 2.16. The summed E-state index contributed by atoms with van der Waals surface area (Å²) in [6.45, 7) is 3.90. The molecule has 0 atom stereocenters. The van der Waals surface area contributed by atoms with Crippen molar-refractivity contribution in [3.8, 4) is 0 Å². The van der Waals surface area contributed by atoms with Gasteiger partial charge in [-0.1, -0.05) is 6.08 Å². The average Bonchev–Trinajstić information content (AvgIpc) is 2.32. The highest BCUT2D eigenvalue weighted by Gasteiger charge is 2.09. The highest BCUT2D eigenvalue weighted by atomic mass is 16.6. The number of aromatic nitrogens is 2. The molecule has 6 heteroatoms. The number of fused-ring (bicyclic) bond motifs is 1. The standard InChI is InChI=1S/C11H9N3O3/c1-2-5-13-7-12-10-6-8(14(16)17)3-4-9(10)11(13)15/h2-4,6-7H,1,5H2. The molecule has 0 saturated carbocycles. The van der Waals surface area contributed by atoms with Gasteiger partial charge < -0.3 is 0 Å². The van der Waals surface area contributed by atoms with Crippen molar-refractivity contribution >= 4 is 16.6 Å². The normalized spacial score (nSPS) is 10.4. The van der Waals surface area contributed by atoms with E-state index in [0.717, 1.165) is 0 Å². The van der Waals surface area contributed by atoms with E-state index in [1.807, 2.05) is 0 Å². The van der Waals surface area contributed by atoms with Crippen molar-refractivity contribution in [2.24, 2.45) is 0 Å². The number of non-ortho nitro benzene ring substituents is 1. The molecule has 0 aliphatic heterocycles. The van der Waals surface area contributed by atoms with Gasteiger partial charge in [-0.3, -0.25) is 19.5 Å². The Bertz CT molecular complexity index is 661. The maximum absolute atomic E-state index is 11.9. The Morgan fingerprint density at radius 1 is 1.53 bits per heavy atom. The molecule has 1 heterocycles. The summed E-state index contributed by atoms with van der Waals surface area (Å²) in [4.78, 5) is 26.0. The number of hydrogen-bond acceptors (Lipinski definition) is 4. The van der Waals surface area contributed by atoms with Gasteiger partial charge in [-0.2, -0.15) is 0 Å². The molecule has 1 aromatic heterocycles. The van der Waals surface area contributed by atoms with Crippen molar-refractivity contribution < 1.29 is 4.92 Å². The van der Waals surface area contributed by atoms with Gasteiger partial charge in [0.05, 0.1) is 22.2 Å². The maximum Gasteiger partial charge on any atom is 0.271 e. The van der Waals surface area contributed by atoms with Gasteiger partial charge in [0.15, 0.2) is 0 Å². The van der Waals surface area contributed by atoms with Gasteiger partial charge in [0, 0.05) is 18.7 Å². The topological polar surface area (TPSA) is 78.0 Å². The van der Waals surface area contributed by atoms with Crippen molar-refractivity contribution in [2.45, 2.75) is 6.54 Å². The van der Waals surface area contributed by atoms with E-state index in [0.29, 0.717) is 17.4 Å². The third kappa shape index (κ3) is 1.92. The van der Waals surface area contributed by atoms with E-state index in [2.05, 4.69) is 11.6 Å². The third-order valence-corrected chi connectivity index (χ3v) is 2.35. The zero-order valence-corrected chi connectivity index (χ0v) is 8.87. The second-order valence-electron chi connectivity index (χ2n) is 3.45. The number of allylic oxidation sites excluding steroid dienone is 1. The zero-order valence-electron chi connectivity index (χ0n) is 8.87. The SMILES string of the molecule is C=CCn1cnc2cc([N+](=O)[O-])ccc2c1=O. The minimum Gasteiger partial charge on any atom is -0.295 e. The second kappa shape index (κ2) is 4.17. The van der Waals surface area contributed by atoms with Gasteiger partial charge in [-0.15, -0.1) is 6.58 Å². The molecule has 6 nitrogen and oxygen atoms in total. The van der Waals surface area contributed by atoms with Crippen molar-refractivity contribution in [3.63, 3.8) is 0 Å². The van der Waals surface area contributed by atoms with E-state index in [9.17, 15) is 14.9 Å². The molecule has 0 radical (unpaired) electrons. The largest absolute Gasteiger partial charge is 0.295 e. The molecule has 0 aliphatic rings. The van der Waals surface area contributed by atoms with Crippen LogP contribution in [-0.4, -0.2) is 14.5 Å². The number of hydrogen-bond donors (Lipinski definition) is 0. The lowest BCUT2D eigenvalue weighted by Gasteiger charge is -2.02. The minimum absolute atomic E-state index is 0.0779. The van der Waals surface area contributed by atoms with Crippen LogP contribution in [0.5, 0.6) is 0 Å². The monoisotopic (exact) mass is 231 g/mol. The molecule has 0 fully saturated rings. The van der Waals surface area contributed by atoms with Crippen LogP contribution in [0.4, 0.5) is 5.69 Å². The fourth-order valence-corrected chi connectivity index (χ4v) is 1.53.